The van der Waals surface area contributed by atoms with Gasteiger partial charge in [-0.05, 0) is 29.8 Å². The van der Waals surface area contributed by atoms with E-state index in [1.54, 1.807) is 12.5 Å². The summed E-state index contributed by atoms with van der Waals surface area (Å²) in [5, 5.41) is 0. The van der Waals surface area contributed by atoms with Crippen molar-refractivity contribution in [1.82, 2.24) is 0 Å². The Bertz CT molecular complexity index is 428. The summed E-state index contributed by atoms with van der Waals surface area (Å²) in [5.74, 6) is 0.331. The minimum Gasteiger partial charge on any atom is -0.473 e. The number of nitrogens with zero attached hydrogens (tertiary/aromatic N) is 1. The number of benzene rings is 1. The van der Waals surface area contributed by atoms with Crippen molar-refractivity contribution in [3.8, 4) is 0 Å². The molecule has 0 atom stereocenters. The Morgan fingerprint density at radius 3 is 2.29 bits per heavy atom. The molecule has 88 valence electrons. The van der Waals surface area contributed by atoms with Crippen LogP contribution < -0.4 is 4.90 Å². The molecule has 0 bridgehead atoms. The molecule has 1 aromatic rings. The highest BCUT2D eigenvalue weighted by Crippen LogP contribution is 2.15. The van der Waals surface area contributed by atoms with Crippen LogP contribution in [0, 0.1) is 5.92 Å². The fraction of sp³-hybridized carbons (Fsp3) is 0.200. The lowest BCUT2D eigenvalue weighted by molar-refractivity contribution is 0.388. The van der Waals surface area contributed by atoms with E-state index in [4.69, 9.17) is 4.74 Å². The van der Waals surface area contributed by atoms with Crippen molar-refractivity contribution in [2.45, 2.75) is 0 Å². The molecule has 0 aromatic heterocycles. The molecule has 0 amide bonds. The molecule has 2 nitrogen and oxygen atoms in total. The summed E-state index contributed by atoms with van der Waals surface area (Å²) in [5.41, 5.74) is 2.43. The second-order valence-corrected chi connectivity index (χ2v) is 4.22. The van der Waals surface area contributed by atoms with Crippen LogP contribution in [0.4, 0.5) is 5.69 Å². The first-order valence-electron chi connectivity index (χ1n) is 5.70. The van der Waals surface area contributed by atoms with Crippen LogP contribution >= 0.6 is 0 Å². The van der Waals surface area contributed by atoms with Crippen molar-refractivity contribution >= 4 is 11.8 Å². The Labute approximate surface area is 103 Å². The fourth-order valence-corrected chi connectivity index (χ4v) is 1.62. The molecule has 0 unspecified atom stereocenters. The highest BCUT2D eigenvalue weighted by Gasteiger charge is 1.98. The zero-order valence-electron chi connectivity index (χ0n) is 10.2. The quantitative estimate of drug-likeness (QED) is 0.784. The van der Waals surface area contributed by atoms with E-state index in [0.717, 1.165) is 0 Å². The van der Waals surface area contributed by atoms with Crippen molar-refractivity contribution < 1.29 is 4.74 Å². The van der Waals surface area contributed by atoms with Crippen molar-refractivity contribution in [2.75, 3.05) is 19.0 Å². The highest BCUT2D eigenvalue weighted by atomic mass is 16.5. The van der Waals surface area contributed by atoms with Gasteiger partial charge in [-0.3, -0.25) is 0 Å². The minimum atomic E-state index is 0.331. The molecule has 2 rings (SSSR count). The fourth-order valence-electron chi connectivity index (χ4n) is 1.62. The molecule has 0 radical (unpaired) electrons. The lowest BCUT2D eigenvalue weighted by Crippen LogP contribution is -2.07. The first kappa shape index (κ1) is 11.5. The van der Waals surface area contributed by atoms with Gasteiger partial charge >= 0.3 is 0 Å². The van der Waals surface area contributed by atoms with Crippen LogP contribution in [0.25, 0.3) is 6.08 Å². The first-order chi connectivity index (χ1) is 8.25. The molecule has 2 heteroatoms. The summed E-state index contributed by atoms with van der Waals surface area (Å²) in [6.07, 6.45) is 11.7. The maximum absolute atomic E-state index is 4.99. The maximum Gasteiger partial charge on any atom is 0.0870 e. The van der Waals surface area contributed by atoms with Gasteiger partial charge < -0.3 is 9.64 Å². The van der Waals surface area contributed by atoms with Crippen molar-refractivity contribution in [1.29, 1.82) is 0 Å². The van der Waals surface area contributed by atoms with Crippen LogP contribution in [0.5, 0.6) is 0 Å². The summed E-state index contributed by atoms with van der Waals surface area (Å²) in [4.78, 5) is 2.09. The predicted molar refractivity (Wildman–Crippen MR) is 72.7 cm³/mol. The molecule has 0 spiro atoms. The van der Waals surface area contributed by atoms with Gasteiger partial charge in [0.25, 0.3) is 0 Å². The second-order valence-electron chi connectivity index (χ2n) is 4.22. The molecular weight excluding hydrogens is 210 g/mol. The van der Waals surface area contributed by atoms with E-state index in [2.05, 4.69) is 41.3 Å². The molecule has 1 aliphatic heterocycles. The number of hydrogen-bond acceptors (Lipinski definition) is 2. The Hall–Kier alpha value is -1.96. The lowest BCUT2D eigenvalue weighted by Gasteiger charge is -2.12. The first-order valence-corrected chi connectivity index (χ1v) is 5.70. The molecule has 0 fully saturated rings. The number of ether oxygens (including phenoxy) is 1. The summed E-state index contributed by atoms with van der Waals surface area (Å²) >= 11 is 0. The zero-order chi connectivity index (χ0) is 12.1. The van der Waals surface area contributed by atoms with Gasteiger partial charge in [0, 0.05) is 25.7 Å². The van der Waals surface area contributed by atoms with Gasteiger partial charge in [-0.1, -0.05) is 24.3 Å². The SMILES string of the molecule is CN(C)c1ccc(C=CC2C=COC=C2)cc1. The highest BCUT2D eigenvalue weighted by molar-refractivity contribution is 5.56. The van der Waals surface area contributed by atoms with E-state index in [-0.39, 0.29) is 0 Å². The van der Waals surface area contributed by atoms with E-state index < -0.39 is 0 Å². The normalized spacial score (nSPS) is 15.2. The standard InChI is InChI=1S/C15H17NO/c1-16(2)15-7-5-13(6-8-15)3-4-14-9-11-17-12-10-14/h3-12,14H,1-2H3. The molecule has 1 heterocycles. The third kappa shape index (κ3) is 3.25. The number of anilines is 1. The topological polar surface area (TPSA) is 12.5 Å². The Kier molecular flexibility index (Phi) is 3.66. The van der Waals surface area contributed by atoms with Crippen LogP contribution in [-0.4, -0.2) is 14.1 Å². The summed E-state index contributed by atoms with van der Waals surface area (Å²) < 4.78 is 4.99. The van der Waals surface area contributed by atoms with Crippen LogP contribution in [0.2, 0.25) is 0 Å². The van der Waals surface area contributed by atoms with E-state index in [1.807, 2.05) is 26.2 Å². The Balaban J connectivity index is 2.03. The van der Waals surface area contributed by atoms with Gasteiger partial charge in [-0.25, -0.2) is 0 Å². The van der Waals surface area contributed by atoms with Gasteiger partial charge in [0.15, 0.2) is 0 Å². The second kappa shape index (κ2) is 5.39. The molecule has 1 aromatic carbocycles. The molecule has 0 saturated heterocycles. The molecule has 0 N–H and O–H groups in total. The smallest absolute Gasteiger partial charge is 0.0870 e. The van der Waals surface area contributed by atoms with Gasteiger partial charge in [0.2, 0.25) is 0 Å². The van der Waals surface area contributed by atoms with E-state index in [1.165, 1.54) is 11.3 Å². The maximum atomic E-state index is 4.99. The Morgan fingerprint density at radius 1 is 1.06 bits per heavy atom. The third-order valence-corrected chi connectivity index (χ3v) is 2.68. The monoisotopic (exact) mass is 227 g/mol. The average Bonchev–Trinajstić information content (AvgIpc) is 2.38. The predicted octanol–water partition coefficient (Wildman–Crippen LogP) is 3.44. The molecular formula is C15H17NO. The summed E-state index contributed by atoms with van der Waals surface area (Å²) in [7, 11) is 4.09. The van der Waals surface area contributed by atoms with E-state index in [0.29, 0.717) is 5.92 Å². The van der Waals surface area contributed by atoms with Gasteiger partial charge in [-0.2, -0.15) is 0 Å². The minimum absolute atomic E-state index is 0.331. The van der Waals surface area contributed by atoms with Gasteiger partial charge in [0.05, 0.1) is 12.5 Å². The van der Waals surface area contributed by atoms with Crippen LogP contribution in [0.15, 0.2) is 55.0 Å². The molecule has 0 aliphatic carbocycles. The van der Waals surface area contributed by atoms with Gasteiger partial charge in [-0.15, -0.1) is 0 Å². The number of hydrogen-bond donors (Lipinski definition) is 0. The Morgan fingerprint density at radius 2 is 1.71 bits per heavy atom. The summed E-state index contributed by atoms with van der Waals surface area (Å²) in [6, 6.07) is 8.49. The van der Waals surface area contributed by atoms with Crippen molar-refractivity contribution in [2.24, 2.45) is 5.92 Å². The van der Waals surface area contributed by atoms with E-state index in [9.17, 15) is 0 Å². The van der Waals surface area contributed by atoms with Crippen molar-refractivity contribution in [3.63, 3.8) is 0 Å². The van der Waals surface area contributed by atoms with Crippen LogP contribution in [0.3, 0.4) is 0 Å². The number of allylic oxidation sites excluding steroid dienone is 3. The number of rotatable bonds is 3. The lowest BCUT2D eigenvalue weighted by atomic mass is 10.1. The molecule has 17 heavy (non-hydrogen) atoms. The third-order valence-electron chi connectivity index (χ3n) is 2.68. The van der Waals surface area contributed by atoms with E-state index >= 15 is 0 Å². The van der Waals surface area contributed by atoms with Crippen LogP contribution in [-0.2, 0) is 4.74 Å². The summed E-state index contributed by atoms with van der Waals surface area (Å²) in [6.45, 7) is 0. The average molecular weight is 227 g/mol. The van der Waals surface area contributed by atoms with Crippen LogP contribution in [0.1, 0.15) is 5.56 Å². The molecule has 1 aliphatic rings. The largest absolute Gasteiger partial charge is 0.473 e. The van der Waals surface area contributed by atoms with Gasteiger partial charge in [0.1, 0.15) is 0 Å². The molecule has 0 saturated carbocycles. The zero-order valence-corrected chi connectivity index (χ0v) is 10.2. The van der Waals surface area contributed by atoms with Crippen molar-refractivity contribution in [3.05, 3.63) is 60.6 Å².